The molecule has 20 heavy (non-hydrogen) atoms. The Labute approximate surface area is 130 Å². The van der Waals surface area contributed by atoms with E-state index in [4.69, 9.17) is 5.11 Å². The number of hydrogen-bond acceptors (Lipinski definition) is 2. The van der Waals surface area contributed by atoms with Crippen LogP contribution in [0.1, 0.15) is 15.9 Å². The van der Waals surface area contributed by atoms with Crippen LogP contribution in [0, 0.1) is 3.57 Å². The van der Waals surface area contributed by atoms with Gasteiger partial charge in [-0.1, -0.05) is 24.3 Å². The number of anilines is 1. The van der Waals surface area contributed by atoms with Crippen LogP contribution < -0.4 is 5.32 Å². The smallest absolute Gasteiger partial charge is 0.307 e. The molecule has 0 aliphatic heterocycles. The molecular formula is C15H12INO3. The number of carbonyl (C=O) groups is 2. The molecule has 2 aromatic rings. The maximum absolute atomic E-state index is 12.1. The lowest BCUT2D eigenvalue weighted by molar-refractivity contribution is -0.136. The number of carbonyl (C=O) groups excluding carboxylic acids is 1. The molecule has 102 valence electrons. The Morgan fingerprint density at radius 1 is 1.10 bits per heavy atom. The zero-order chi connectivity index (χ0) is 14.5. The molecule has 0 unspecified atom stereocenters. The molecule has 0 saturated carbocycles. The number of carboxylic acid groups (broad SMARTS) is 1. The van der Waals surface area contributed by atoms with E-state index in [9.17, 15) is 9.59 Å². The number of rotatable bonds is 4. The van der Waals surface area contributed by atoms with E-state index in [1.54, 1.807) is 36.4 Å². The van der Waals surface area contributed by atoms with Crippen LogP contribution in [0.4, 0.5) is 5.69 Å². The summed E-state index contributed by atoms with van der Waals surface area (Å²) < 4.78 is 0.865. The number of nitrogens with one attached hydrogen (secondary N) is 1. The Bertz CT molecular complexity index is 655. The maximum Gasteiger partial charge on any atom is 0.307 e. The number of hydrogen-bond donors (Lipinski definition) is 2. The van der Waals surface area contributed by atoms with Crippen LogP contribution in [0.3, 0.4) is 0 Å². The molecule has 0 aliphatic carbocycles. The third-order valence-electron chi connectivity index (χ3n) is 2.66. The second-order valence-electron chi connectivity index (χ2n) is 4.20. The highest BCUT2D eigenvalue weighted by Gasteiger charge is 2.10. The summed E-state index contributed by atoms with van der Waals surface area (Å²) in [4.78, 5) is 22.8. The van der Waals surface area contributed by atoms with Crippen LogP contribution in [0.25, 0.3) is 0 Å². The standard InChI is InChI=1S/C15H12INO3/c16-13-7-2-1-6-12(13)15(20)17-11-5-3-4-10(8-11)9-14(18)19/h1-8H,9H2,(H,17,20)(H,18,19). The Kier molecular flexibility index (Phi) is 4.73. The van der Waals surface area contributed by atoms with Crippen LogP contribution in [0.15, 0.2) is 48.5 Å². The minimum absolute atomic E-state index is 0.0629. The fourth-order valence-corrected chi connectivity index (χ4v) is 2.41. The third kappa shape index (κ3) is 3.80. The monoisotopic (exact) mass is 381 g/mol. The largest absolute Gasteiger partial charge is 0.481 e. The summed E-state index contributed by atoms with van der Waals surface area (Å²) in [5.41, 5.74) is 1.84. The van der Waals surface area contributed by atoms with Crippen molar-refractivity contribution in [3.63, 3.8) is 0 Å². The molecule has 0 bridgehead atoms. The van der Waals surface area contributed by atoms with Gasteiger partial charge in [-0.05, 0) is 52.4 Å². The van der Waals surface area contributed by atoms with Gasteiger partial charge in [0.1, 0.15) is 0 Å². The summed E-state index contributed by atoms with van der Waals surface area (Å²) in [5.74, 6) is -1.10. The lowest BCUT2D eigenvalue weighted by atomic mass is 10.1. The first-order valence-electron chi connectivity index (χ1n) is 5.93. The van der Waals surface area contributed by atoms with Crippen LogP contribution in [0.5, 0.6) is 0 Å². The molecule has 2 aromatic carbocycles. The zero-order valence-electron chi connectivity index (χ0n) is 10.5. The van der Waals surface area contributed by atoms with Gasteiger partial charge in [0.05, 0.1) is 12.0 Å². The van der Waals surface area contributed by atoms with Gasteiger partial charge in [0.25, 0.3) is 5.91 Å². The summed E-state index contributed by atoms with van der Waals surface area (Å²) in [5, 5.41) is 11.5. The number of carboxylic acids is 1. The van der Waals surface area contributed by atoms with Crippen molar-refractivity contribution in [2.24, 2.45) is 0 Å². The van der Waals surface area contributed by atoms with Crippen LogP contribution in [-0.2, 0) is 11.2 Å². The SMILES string of the molecule is O=C(O)Cc1cccc(NC(=O)c2ccccc2I)c1. The second-order valence-corrected chi connectivity index (χ2v) is 5.37. The zero-order valence-corrected chi connectivity index (χ0v) is 12.6. The molecule has 0 radical (unpaired) electrons. The summed E-state index contributed by atoms with van der Waals surface area (Å²) in [6.45, 7) is 0. The highest BCUT2D eigenvalue weighted by atomic mass is 127. The molecule has 2 rings (SSSR count). The average molecular weight is 381 g/mol. The van der Waals surface area contributed by atoms with Gasteiger partial charge in [-0.15, -0.1) is 0 Å². The topological polar surface area (TPSA) is 66.4 Å². The summed E-state index contributed by atoms with van der Waals surface area (Å²) in [7, 11) is 0. The van der Waals surface area contributed by atoms with Crippen molar-refractivity contribution in [3.05, 3.63) is 63.2 Å². The van der Waals surface area contributed by atoms with Crippen molar-refractivity contribution in [2.45, 2.75) is 6.42 Å². The van der Waals surface area contributed by atoms with Crippen molar-refractivity contribution in [1.82, 2.24) is 0 Å². The first-order chi connectivity index (χ1) is 9.56. The average Bonchev–Trinajstić information content (AvgIpc) is 2.38. The lowest BCUT2D eigenvalue weighted by Crippen LogP contribution is -2.13. The highest BCUT2D eigenvalue weighted by Crippen LogP contribution is 2.16. The first kappa shape index (κ1) is 14.5. The van der Waals surface area contributed by atoms with Crippen molar-refractivity contribution in [1.29, 1.82) is 0 Å². The molecule has 0 saturated heterocycles. The van der Waals surface area contributed by atoms with E-state index in [2.05, 4.69) is 27.9 Å². The number of aliphatic carboxylic acids is 1. The first-order valence-corrected chi connectivity index (χ1v) is 7.01. The molecule has 1 amide bonds. The van der Waals surface area contributed by atoms with Crippen LogP contribution in [-0.4, -0.2) is 17.0 Å². The normalized spacial score (nSPS) is 10.1. The quantitative estimate of drug-likeness (QED) is 0.800. The Morgan fingerprint density at radius 2 is 1.85 bits per heavy atom. The van der Waals surface area contributed by atoms with Crippen molar-refractivity contribution >= 4 is 40.2 Å². The predicted octanol–water partition coefficient (Wildman–Crippen LogP) is 3.17. The molecule has 0 aromatic heterocycles. The molecule has 0 spiro atoms. The van der Waals surface area contributed by atoms with Crippen molar-refractivity contribution in [3.8, 4) is 0 Å². The fraction of sp³-hybridized carbons (Fsp3) is 0.0667. The van der Waals surface area contributed by atoms with E-state index in [1.165, 1.54) is 0 Å². The van der Waals surface area contributed by atoms with E-state index < -0.39 is 5.97 Å². The number of halogens is 1. The molecule has 5 heteroatoms. The molecule has 2 N–H and O–H groups in total. The van der Waals surface area contributed by atoms with Gasteiger partial charge >= 0.3 is 5.97 Å². The van der Waals surface area contributed by atoms with Gasteiger partial charge in [-0.3, -0.25) is 9.59 Å². The second kappa shape index (κ2) is 6.51. The minimum Gasteiger partial charge on any atom is -0.481 e. The predicted molar refractivity (Wildman–Crippen MR) is 84.9 cm³/mol. The minimum atomic E-state index is -0.897. The molecule has 4 nitrogen and oxygen atoms in total. The van der Waals surface area contributed by atoms with E-state index in [0.717, 1.165) is 3.57 Å². The fourth-order valence-electron chi connectivity index (χ4n) is 1.78. The van der Waals surface area contributed by atoms with Gasteiger partial charge in [0, 0.05) is 9.26 Å². The Hall–Kier alpha value is -1.89. The molecule has 0 atom stereocenters. The van der Waals surface area contributed by atoms with Crippen molar-refractivity contribution in [2.75, 3.05) is 5.32 Å². The lowest BCUT2D eigenvalue weighted by Gasteiger charge is -2.08. The van der Waals surface area contributed by atoms with E-state index >= 15 is 0 Å². The van der Waals surface area contributed by atoms with E-state index in [1.807, 2.05) is 12.1 Å². The summed E-state index contributed by atoms with van der Waals surface area (Å²) >= 11 is 2.10. The van der Waals surface area contributed by atoms with Crippen molar-refractivity contribution < 1.29 is 14.7 Å². The third-order valence-corrected chi connectivity index (χ3v) is 3.60. The van der Waals surface area contributed by atoms with Crippen LogP contribution >= 0.6 is 22.6 Å². The van der Waals surface area contributed by atoms with Gasteiger partial charge in [-0.2, -0.15) is 0 Å². The molecular weight excluding hydrogens is 369 g/mol. The maximum atomic E-state index is 12.1. The van der Waals surface area contributed by atoms with Gasteiger partial charge in [0.2, 0.25) is 0 Å². The molecule has 0 aliphatic rings. The van der Waals surface area contributed by atoms with Gasteiger partial charge < -0.3 is 10.4 Å². The van der Waals surface area contributed by atoms with E-state index in [-0.39, 0.29) is 12.3 Å². The Morgan fingerprint density at radius 3 is 2.55 bits per heavy atom. The van der Waals surface area contributed by atoms with Gasteiger partial charge in [-0.25, -0.2) is 0 Å². The number of benzene rings is 2. The summed E-state index contributed by atoms with van der Waals surface area (Å²) in [6.07, 6.45) is -0.0629. The highest BCUT2D eigenvalue weighted by molar-refractivity contribution is 14.1. The molecule has 0 fully saturated rings. The number of amides is 1. The van der Waals surface area contributed by atoms with Crippen LogP contribution in [0.2, 0.25) is 0 Å². The van der Waals surface area contributed by atoms with Gasteiger partial charge in [0.15, 0.2) is 0 Å². The molecule has 0 heterocycles. The van der Waals surface area contributed by atoms with E-state index in [0.29, 0.717) is 16.8 Å². The Balaban J connectivity index is 2.16. The summed E-state index contributed by atoms with van der Waals surface area (Å²) in [6, 6.07) is 14.1.